The Morgan fingerprint density at radius 2 is 1.82 bits per heavy atom. The number of rotatable bonds is 11. The van der Waals surface area contributed by atoms with E-state index in [4.69, 9.17) is 9.84 Å². The van der Waals surface area contributed by atoms with Gasteiger partial charge in [0.1, 0.15) is 5.82 Å². The first-order valence-electron chi connectivity index (χ1n) is 10.0. The monoisotopic (exact) mass is 474 g/mol. The summed E-state index contributed by atoms with van der Waals surface area (Å²) >= 11 is 0. The van der Waals surface area contributed by atoms with Gasteiger partial charge in [-0.1, -0.05) is 24.3 Å². The van der Waals surface area contributed by atoms with Crippen LogP contribution in [0.2, 0.25) is 0 Å². The second-order valence-corrected chi connectivity index (χ2v) is 8.64. The number of carbonyl (C=O) groups is 1. The fraction of sp³-hybridized carbons (Fsp3) is 0.227. The van der Waals surface area contributed by atoms with Gasteiger partial charge in [-0.05, 0) is 29.8 Å². The van der Waals surface area contributed by atoms with Crippen molar-refractivity contribution >= 4 is 15.9 Å². The fourth-order valence-corrected chi connectivity index (χ4v) is 3.91. The highest BCUT2D eigenvalue weighted by molar-refractivity contribution is 7.89. The number of sulfonamides is 1. The van der Waals surface area contributed by atoms with Crippen LogP contribution in [0.25, 0.3) is 11.4 Å². The standard InChI is InChI=1S/C22H23FN4O5S/c23-19-5-2-4-17(12-19)21-24-14-18(15-25-21)22(29)26-13-16-3-1-6-20(11-16)33(30,31)27-7-9-32-10-8-28/h1-6,11-12,14-15,27-28H,7-10,13H2,(H,26,29). The lowest BCUT2D eigenvalue weighted by Gasteiger charge is -2.10. The number of hydrogen-bond acceptors (Lipinski definition) is 7. The van der Waals surface area contributed by atoms with Crippen LogP contribution in [-0.4, -0.2) is 55.8 Å². The minimum atomic E-state index is -3.75. The number of ether oxygens (including phenoxy) is 1. The number of nitrogens with one attached hydrogen (secondary N) is 2. The molecular formula is C22H23FN4O5S. The van der Waals surface area contributed by atoms with Gasteiger partial charge in [-0.3, -0.25) is 4.79 Å². The molecule has 3 N–H and O–H groups in total. The number of carbonyl (C=O) groups excluding carboxylic acids is 1. The number of aliphatic hydroxyl groups is 1. The molecule has 11 heteroatoms. The Hall–Kier alpha value is -3.25. The molecule has 0 radical (unpaired) electrons. The second-order valence-electron chi connectivity index (χ2n) is 6.87. The third-order valence-electron chi connectivity index (χ3n) is 4.43. The number of nitrogens with zero attached hydrogens (tertiary/aromatic N) is 2. The Morgan fingerprint density at radius 1 is 1.06 bits per heavy atom. The number of hydrogen-bond donors (Lipinski definition) is 3. The lowest BCUT2D eigenvalue weighted by atomic mass is 10.2. The molecule has 1 aromatic heterocycles. The zero-order chi connectivity index (χ0) is 23.7. The van der Waals surface area contributed by atoms with Gasteiger partial charge >= 0.3 is 0 Å². The third kappa shape index (κ3) is 7.12. The van der Waals surface area contributed by atoms with E-state index < -0.39 is 21.7 Å². The molecule has 0 atom stereocenters. The highest BCUT2D eigenvalue weighted by Gasteiger charge is 2.14. The van der Waals surface area contributed by atoms with Crippen molar-refractivity contribution in [3.8, 4) is 11.4 Å². The van der Waals surface area contributed by atoms with Gasteiger partial charge in [0.25, 0.3) is 5.91 Å². The molecule has 3 rings (SSSR count). The quantitative estimate of drug-likeness (QED) is 0.359. The molecule has 174 valence electrons. The highest BCUT2D eigenvalue weighted by Crippen LogP contribution is 2.16. The van der Waals surface area contributed by atoms with Crippen LogP contribution in [0.5, 0.6) is 0 Å². The summed E-state index contributed by atoms with van der Waals surface area (Å²) in [6.07, 6.45) is 2.68. The summed E-state index contributed by atoms with van der Waals surface area (Å²) in [4.78, 5) is 20.7. The molecule has 0 aliphatic rings. The molecule has 0 aliphatic heterocycles. The van der Waals surface area contributed by atoms with Crippen LogP contribution < -0.4 is 10.0 Å². The van der Waals surface area contributed by atoms with E-state index in [1.54, 1.807) is 24.3 Å². The van der Waals surface area contributed by atoms with Gasteiger partial charge in [0, 0.05) is 31.0 Å². The van der Waals surface area contributed by atoms with Crippen molar-refractivity contribution in [3.05, 3.63) is 77.9 Å². The number of amides is 1. The first-order valence-corrected chi connectivity index (χ1v) is 11.5. The average molecular weight is 475 g/mol. The molecule has 1 amide bonds. The van der Waals surface area contributed by atoms with Gasteiger partial charge in [-0.25, -0.2) is 27.5 Å². The molecule has 33 heavy (non-hydrogen) atoms. The molecule has 0 fully saturated rings. The van der Waals surface area contributed by atoms with Gasteiger partial charge in [0.15, 0.2) is 5.82 Å². The normalized spacial score (nSPS) is 11.3. The van der Waals surface area contributed by atoms with E-state index in [9.17, 15) is 17.6 Å². The van der Waals surface area contributed by atoms with Crippen molar-refractivity contribution in [2.24, 2.45) is 0 Å². The van der Waals surface area contributed by atoms with Crippen molar-refractivity contribution in [3.63, 3.8) is 0 Å². The van der Waals surface area contributed by atoms with Crippen LogP contribution in [0.4, 0.5) is 4.39 Å². The summed E-state index contributed by atoms with van der Waals surface area (Å²) in [6, 6.07) is 12.0. The fourth-order valence-electron chi connectivity index (χ4n) is 2.83. The molecule has 9 nitrogen and oxygen atoms in total. The van der Waals surface area contributed by atoms with Crippen molar-refractivity contribution in [1.82, 2.24) is 20.0 Å². The maximum Gasteiger partial charge on any atom is 0.254 e. The summed E-state index contributed by atoms with van der Waals surface area (Å²) < 4.78 is 45.6. The zero-order valence-corrected chi connectivity index (χ0v) is 18.4. The van der Waals surface area contributed by atoms with Crippen molar-refractivity contribution < 1.29 is 27.4 Å². The van der Waals surface area contributed by atoms with Crippen molar-refractivity contribution in [1.29, 1.82) is 0 Å². The topological polar surface area (TPSA) is 131 Å². The molecule has 0 saturated heterocycles. The predicted molar refractivity (Wildman–Crippen MR) is 118 cm³/mol. The van der Waals surface area contributed by atoms with Gasteiger partial charge in [0.05, 0.1) is 30.3 Å². The smallest absolute Gasteiger partial charge is 0.254 e. The molecule has 0 saturated carbocycles. The van der Waals surface area contributed by atoms with Crippen LogP contribution >= 0.6 is 0 Å². The summed E-state index contributed by atoms with van der Waals surface area (Å²) in [5.74, 6) is -0.557. The van der Waals surface area contributed by atoms with E-state index in [1.165, 1.54) is 36.7 Å². The van der Waals surface area contributed by atoms with E-state index in [1.807, 2.05) is 0 Å². The Bertz CT molecular complexity index is 1190. The molecule has 0 unspecified atom stereocenters. The van der Waals surface area contributed by atoms with E-state index in [0.717, 1.165) is 0 Å². The maximum absolute atomic E-state index is 13.4. The van der Waals surface area contributed by atoms with Crippen LogP contribution in [-0.2, 0) is 21.3 Å². The average Bonchev–Trinajstić information content (AvgIpc) is 2.82. The van der Waals surface area contributed by atoms with Crippen LogP contribution in [0, 0.1) is 5.82 Å². The predicted octanol–water partition coefficient (Wildman–Crippen LogP) is 1.50. The van der Waals surface area contributed by atoms with E-state index >= 15 is 0 Å². The van der Waals surface area contributed by atoms with Gasteiger partial charge < -0.3 is 15.2 Å². The zero-order valence-electron chi connectivity index (χ0n) is 17.6. The third-order valence-corrected chi connectivity index (χ3v) is 5.89. The van der Waals surface area contributed by atoms with Crippen molar-refractivity contribution in [2.75, 3.05) is 26.4 Å². The minimum Gasteiger partial charge on any atom is -0.394 e. The number of halogens is 1. The van der Waals surface area contributed by atoms with Gasteiger partial charge in [0.2, 0.25) is 10.0 Å². The Morgan fingerprint density at radius 3 is 2.55 bits per heavy atom. The molecular weight excluding hydrogens is 451 g/mol. The second kappa shape index (κ2) is 11.6. The molecule has 0 bridgehead atoms. The van der Waals surface area contributed by atoms with E-state index in [0.29, 0.717) is 17.0 Å². The molecule has 3 aromatic rings. The number of aliphatic hydroxyl groups excluding tert-OH is 1. The Balaban J connectivity index is 1.58. The maximum atomic E-state index is 13.4. The molecule has 1 heterocycles. The summed E-state index contributed by atoms with van der Waals surface area (Å²) in [5.41, 5.74) is 1.29. The summed E-state index contributed by atoms with van der Waals surface area (Å²) in [6.45, 7) is 0.289. The molecule has 2 aromatic carbocycles. The first-order chi connectivity index (χ1) is 15.9. The highest BCUT2D eigenvalue weighted by atomic mass is 32.2. The van der Waals surface area contributed by atoms with E-state index in [-0.39, 0.29) is 43.4 Å². The Kier molecular flexibility index (Phi) is 8.55. The van der Waals surface area contributed by atoms with Gasteiger partial charge in [-0.2, -0.15) is 0 Å². The van der Waals surface area contributed by atoms with Crippen LogP contribution in [0.15, 0.2) is 65.8 Å². The number of benzene rings is 2. The first kappa shape index (κ1) is 24.4. The lowest BCUT2D eigenvalue weighted by molar-refractivity contribution is 0.0950. The summed E-state index contributed by atoms with van der Waals surface area (Å²) in [5, 5.41) is 11.3. The minimum absolute atomic E-state index is 0.0548. The largest absolute Gasteiger partial charge is 0.394 e. The van der Waals surface area contributed by atoms with Gasteiger partial charge in [-0.15, -0.1) is 0 Å². The van der Waals surface area contributed by atoms with Crippen LogP contribution in [0.1, 0.15) is 15.9 Å². The molecule has 0 aliphatic carbocycles. The number of aromatic nitrogens is 2. The van der Waals surface area contributed by atoms with Crippen LogP contribution in [0.3, 0.4) is 0 Å². The van der Waals surface area contributed by atoms with E-state index in [2.05, 4.69) is 20.0 Å². The van der Waals surface area contributed by atoms with Crippen molar-refractivity contribution in [2.45, 2.75) is 11.4 Å². The lowest BCUT2D eigenvalue weighted by Crippen LogP contribution is -2.28. The Labute approximate surface area is 190 Å². The summed E-state index contributed by atoms with van der Waals surface area (Å²) in [7, 11) is -3.75. The SMILES string of the molecule is O=C(NCc1cccc(S(=O)(=O)NCCOCCO)c1)c1cnc(-c2cccc(F)c2)nc1. The molecule has 0 spiro atoms.